The largest absolute Gasteiger partial charge is 0.490 e. The highest BCUT2D eigenvalue weighted by Crippen LogP contribution is 2.38. The van der Waals surface area contributed by atoms with E-state index in [1.165, 1.54) is 0 Å². The first-order valence-electron chi connectivity index (χ1n) is 8.05. The van der Waals surface area contributed by atoms with Gasteiger partial charge in [0.2, 0.25) is 0 Å². The Morgan fingerprint density at radius 3 is 2.14 bits per heavy atom. The van der Waals surface area contributed by atoms with Crippen molar-refractivity contribution in [1.29, 1.82) is 0 Å². The van der Waals surface area contributed by atoms with E-state index in [1.54, 1.807) is 0 Å². The molecule has 0 saturated heterocycles. The first-order chi connectivity index (χ1) is 13.6. The molecule has 2 aromatic rings. The van der Waals surface area contributed by atoms with E-state index in [9.17, 15) is 23.2 Å². The molecule has 0 saturated carbocycles. The molecule has 0 atom stereocenters. The van der Waals surface area contributed by atoms with Crippen LogP contribution >= 0.6 is 23.2 Å². The zero-order valence-electron chi connectivity index (χ0n) is 14.6. The predicted molar refractivity (Wildman–Crippen MR) is 102 cm³/mol. The molecule has 3 amide bonds. The number of anilines is 1. The lowest BCUT2D eigenvalue weighted by atomic mass is 10.1. The number of carboxylic acids is 1. The molecule has 0 fully saturated rings. The van der Waals surface area contributed by atoms with Crippen LogP contribution in [0.25, 0.3) is 0 Å². The lowest BCUT2D eigenvalue weighted by Gasteiger charge is -2.21. The summed E-state index contributed by atoms with van der Waals surface area (Å²) in [5.74, 6) is -4.74. The number of urea groups is 1. The van der Waals surface area contributed by atoms with Gasteiger partial charge in [-0.1, -0.05) is 29.3 Å². The van der Waals surface area contributed by atoms with Gasteiger partial charge >= 0.3 is 12.0 Å². The molecule has 0 heterocycles. The van der Waals surface area contributed by atoms with Crippen LogP contribution in [0.1, 0.15) is 23.2 Å². The molecule has 2 aromatic carbocycles. The second-order valence-corrected chi connectivity index (χ2v) is 6.47. The number of hydrogen-bond donors (Lipinski definition) is 2. The summed E-state index contributed by atoms with van der Waals surface area (Å²) >= 11 is 12.1. The molecule has 154 valence electrons. The van der Waals surface area contributed by atoms with Crippen LogP contribution in [-0.2, 0) is 4.79 Å². The van der Waals surface area contributed by atoms with E-state index in [4.69, 9.17) is 38.8 Å². The summed E-state index contributed by atoms with van der Waals surface area (Å²) in [4.78, 5) is 35.2. The maximum atomic E-state index is 13.9. The van der Waals surface area contributed by atoms with Crippen molar-refractivity contribution >= 4 is 46.8 Å². The van der Waals surface area contributed by atoms with E-state index in [-0.39, 0.29) is 40.9 Å². The van der Waals surface area contributed by atoms with E-state index >= 15 is 0 Å². The molecule has 0 aliphatic carbocycles. The van der Waals surface area contributed by atoms with Gasteiger partial charge in [0, 0.05) is 6.42 Å². The monoisotopic (exact) mass is 446 g/mol. The summed E-state index contributed by atoms with van der Waals surface area (Å²) in [7, 11) is 0. The average molecular weight is 447 g/mol. The van der Waals surface area contributed by atoms with Gasteiger partial charge in [-0.2, -0.15) is 0 Å². The average Bonchev–Trinajstić information content (AvgIpc) is 2.59. The lowest BCUT2D eigenvalue weighted by molar-refractivity contribution is -0.137. The van der Waals surface area contributed by atoms with Crippen LogP contribution in [0.3, 0.4) is 0 Å². The Hall–Kier alpha value is -2.91. The first-order valence-corrected chi connectivity index (χ1v) is 8.80. The van der Waals surface area contributed by atoms with Crippen molar-refractivity contribution in [3.8, 4) is 5.75 Å². The van der Waals surface area contributed by atoms with Crippen molar-refractivity contribution in [3.05, 3.63) is 57.6 Å². The van der Waals surface area contributed by atoms with E-state index in [0.717, 1.165) is 30.3 Å². The fourth-order valence-corrected chi connectivity index (χ4v) is 2.95. The number of carbonyl (C=O) groups excluding carboxylic acids is 2. The van der Waals surface area contributed by atoms with E-state index in [2.05, 4.69) is 0 Å². The standard InChI is InChI=1S/C18H14Cl2F2N2O5/c19-10-7-9(8-11(20)16(10)29-6-2-5-14(25)26)24(18(23)28)17(27)15-12(21)3-1-4-13(15)22/h1,3-4,7-8H,2,5-6H2,(H2,23,28)(H,25,26). The van der Waals surface area contributed by atoms with Crippen LogP contribution in [0, 0.1) is 11.6 Å². The van der Waals surface area contributed by atoms with Crippen LogP contribution in [0.15, 0.2) is 30.3 Å². The topological polar surface area (TPSA) is 110 Å². The van der Waals surface area contributed by atoms with Crippen LogP contribution in [0.5, 0.6) is 5.75 Å². The quantitative estimate of drug-likeness (QED) is 0.617. The van der Waals surface area contributed by atoms with Gasteiger partial charge in [0.25, 0.3) is 5.91 Å². The third kappa shape index (κ3) is 5.33. The number of carboxylic acid groups (broad SMARTS) is 1. The molecule has 7 nitrogen and oxygen atoms in total. The number of hydrogen-bond acceptors (Lipinski definition) is 4. The molecule has 0 bridgehead atoms. The SMILES string of the molecule is NC(=O)N(C(=O)c1c(F)cccc1F)c1cc(Cl)c(OCCCC(=O)O)c(Cl)c1. The molecule has 0 radical (unpaired) electrons. The summed E-state index contributed by atoms with van der Waals surface area (Å²) in [6.07, 6.45) is 0.0493. The summed E-state index contributed by atoms with van der Waals surface area (Å²) in [6, 6.07) is 3.63. The molecule has 3 N–H and O–H groups in total. The minimum absolute atomic E-state index is 0.00993. The van der Waals surface area contributed by atoms with E-state index in [1.807, 2.05) is 0 Å². The molecule has 11 heteroatoms. The van der Waals surface area contributed by atoms with Gasteiger partial charge in [0.1, 0.15) is 17.2 Å². The fraction of sp³-hybridized carbons (Fsp3) is 0.167. The molecule has 0 aliphatic rings. The molecule has 0 aromatic heterocycles. The Labute approximate surface area is 173 Å². The van der Waals surface area contributed by atoms with Crippen LogP contribution in [0.2, 0.25) is 10.0 Å². The fourth-order valence-electron chi connectivity index (χ4n) is 2.37. The summed E-state index contributed by atoms with van der Waals surface area (Å²) in [5, 5.41) is 8.35. The van der Waals surface area contributed by atoms with Gasteiger partial charge in [-0.05, 0) is 30.7 Å². The number of carbonyl (C=O) groups is 3. The Kier molecular flexibility index (Phi) is 7.35. The number of rotatable bonds is 7. The normalized spacial score (nSPS) is 10.5. The van der Waals surface area contributed by atoms with Gasteiger partial charge in [0.15, 0.2) is 5.75 Å². The van der Waals surface area contributed by atoms with Crippen molar-refractivity contribution in [1.82, 2.24) is 0 Å². The predicted octanol–water partition coefficient (Wildman–Crippen LogP) is 4.24. The Bertz CT molecular complexity index is 928. The smallest absolute Gasteiger partial charge is 0.326 e. The van der Waals surface area contributed by atoms with Gasteiger partial charge < -0.3 is 15.6 Å². The maximum Gasteiger partial charge on any atom is 0.326 e. The van der Waals surface area contributed by atoms with Crippen LogP contribution in [0.4, 0.5) is 19.3 Å². The molecule has 0 unspecified atom stereocenters. The summed E-state index contributed by atoms with van der Waals surface area (Å²) < 4.78 is 33.2. The zero-order chi connectivity index (χ0) is 21.7. The van der Waals surface area contributed by atoms with Gasteiger partial charge in [-0.25, -0.2) is 18.5 Å². The number of primary amides is 1. The highest BCUT2D eigenvalue weighted by Gasteiger charge is 2.29. The number of aliphatic carboxylic acids is 1. The zero-order valence-corrected chi connectivity index (χ0v) is 16.1. The third-order valence-electron chi connectivity index (χ3n) is 3.62. The minimum atomic E-state index is -1.35. The summed E-state index contributed by atoms with van der Waals surface area (Å²) in [6.45, 7) is -0.00993. The van der Waals surface area contributed by atoms with Crippen LogP contribution < -0.4 is 15.4 Å². The molecule has 29 heavy (non-hydrogen) atoms. The number of amides is 3. The van der Waals surface area contributed by atoms with E-state index in [0.29, 0.717) is 4.90 Å². The number of benzene rings is 2. The molecule has 0 aliphatic heterocycles. The highest BCUT2D eigenvalue weighted by molar-refractivity contribution is 6.38. The Morgan fingerprint density at radius 1 is 1.10 bits per heavy atom. The van der Waals surface area contributed by atoms with Crippen molar-refractivity contribution in [3.63, 3.8) is 0 Å². The third-order valence-corrected chi connectivity index (χ3v) is 4.18. The van der Waals surface area contributed by atoms with Gasteiger partial charge in [-0.3, -0.25) is 9.59 Å². The molecular weight excluding hydrogens is 433 g/mol. The number of nitrogens with zero attached hydrogens (tertiary/aromatic N) is 1. The van der Waals surface area contributed by atoms with Crippen LogP contribution in [-0.4, -0.2) is 29.6 Å². The van der Waals surface area contributed by atoms with Crippen molar-refractivity contribution in [2.24, 2.45) is 5.73 Å². The number of nitrogens with two attached hydrogens (primary N) is 1. The highest BCUT2D eigenvalue weighted by atomic mass is 35.5. The number of ether oxygens (including phenoxy) is 1. The van der Waals surface area contributed by atoms with Gasteiger partial charge in [0.05, 0.1) is 22.3 Å². The van der Waals surface area contributed by atoms with Gasteiger partial charge in [-0.15, -0.1) is 0 Å². The second-order valence-electron chi connectivity index (χ2n) is 5.66. The summed E-state index contributed by atoms with van der Waals surface area (Å²) in [5.41, 5.74) is 4.00. The molecule has 0 spiro atoms. The number of imide groups is 1. The maximum absolute atomic E-state index is 13.9. The number of halogens is 4. The van der Waals surface area contributed by atoms with Crippen molar-refractivity contribution in [2.75, 3.05) is 11.5 Å². The van der Waals surface area contributed by atoms with E-state index < -0.39 is 35.1 Å². The molecular formula is C18H14Cl2F2N2O5. The Balaban J connectivity index is 2.36. The molecule has 2 rings (SSSR count). The van der Waals surface area contributed by atoms with Crippen molar-refractivity contribution in [2.45, 2.75) is 12.8 Å². The lowest BCUT2D eigenvalue weighted by Crippen LogP contribution is -2.41. The minimum Gasteiger partial charge on any atom is -0.490 e. The second kappa shape index (κ2) is 9.53. The first kappa shape index (κ1) is 22.4. The van der Waals surface area contributed by atoms with Crippen molar-refractivity contribution < 1.29 is 33.0 Å². The Morgan fingerprint density at radius 2 is 1.66 bits per heavy atom.